The van der Waals surface area contributed by atoms with E-state index in [9.17, 15) is 0 Å². The van der Waals surface area contributed by atoms with E-state index >= 15 is 0 Å². The Morgan fingerprint density at radius 2 is 1.52 bits per heavy atom. The van der Waals surface area contributed by atoms with Crippen molar-refractivity contribution in [2.24, 2.45) is 0 Å². The number of hydrogen-bond donors (Lipinski definition) is 0. The largest absolute Gasteiger partial charge is 1.00 e. The van der Waals surface area contributed by atoms with Crippen molar-refractivity contribution in [1.82, 2.24) is 0 Å². The Hall–Kier alpha value is -0.617. The van der Waals surface area contributed by atoms with Gasteiger partial charge in [-0.05, 0) is 0 Å². The zero-order valence-electron chi connectivity index (χ0n) is 14.2. The Kier molecular flexibility index (Phi) is 5.79. The van der Waals surface area contributed by atoms with Crippen LogP contribution in [0.1, 0.15) is 55.7 Å². The molecule has 2 aromatic carbocycles. The van der Waals surface area contributed by atoms with Crippen molar-refractivity contribution in [1.29, 1.82) is 0 Å². The summed E-state index contributed by atoms with van der Waals surface area (Å²) in [4.78, 5) is 0. The van der Waals surface area contributed by atoms with Gasteiger partial charge in [0.2, 0.25) is 0 Å². The summed E-state index contributed by atoms with van der Waals surface area (Å²) in [6.07, 6.45) is 6.63. The van der Waals surface area contributed by atoms with Crippen molar-refractivity contribution in [2.45, 2.75) is 33.4 Å². The smallest absolute Gasteiger partial charge is 1.00 e. The Morgan fingerprint density at radius 1 is 0.840 bits per heavy atom. The van der Waals surface area contributed by atoms with Crippen molar-refractivity contribution < 1.29 is 48.0 Å². The van der Waals surface area contributed by atoms with Gasteiger partial charge in [0.05, 0.1) is 0 Å². The molecule has 0 bridgehead atoms. The molecule has 0 saturated carbocycles. The Balaban J connectivity index is 0.000000911. The van der Waals surface area contributed by atoms with Crippen LogP contribution in [0, 0.1) is 0 Å². The molecule has 2 aromatic rings. The van der Waals surface area contributed by atoms with Gasteiger partial charge in [0.25, 0.3) is 0 Å². The van der Waals surface area contributed by atoms with E-state index < -0.39 is 23.2 Å². The van der Waals surface area contributed by atoms with Gasteiger partial charge in [0, 0.05) is 0 Å². The predicted octanol–water partition coefficient (Wildman–Crippen LogP) is -0.0725. The van der Waals surface area contributed by atoms with Crippen LogP contribution in [0.3, 0.4) is 0 Å². The molecule has 3 aliphatic rings. The molecule has 25 heavy (non-hydrogen) atoms. The van der Waals surface area contributed by atoms with Gasteiger partial charge in [-0.3, -0.25) is 0 Å². The molecule has 3 heteroatoms. The van der Waals surface area contributed by atoms with Gasteiger partial charge in [-0.15, -0.1) is 0 Å². The number of benzene rings is 2. The van der Waals surface area contributed by atoms with Crippen LogP contribution in [0.25, 0.3) is 11.1 Å². The van der Waals surface area contributed by atoms with E-state index in [1.54, 1.807) is 22.3 Å². The molecule has 0 N–H and O–H groups in total. The summed E-state index contributed by atoms with van der Waals surface area (Å²) in [6.45, 7) is 2.29. The van der Waals surface area contributed by atoms with Gasteiger partial charge in [0.15, 0.2) is 0 Å². The maximum Gasteiger partial charge on any atom is -1.00 e. The number of rotatable bonds is 2. The van der Waals surface area contributed by atoms with Gasteiger partial charge in [0.1, 0.15) is 0 Å². The summed E-state index contributed by atoms with van der Waals surface area (Å²) in [6, 6.07) is 18.4. The number of hydrogen-bond acceptors (Lipinski definition) is 0. The summed E-state index contributed by atoms with van der Waals surface area (Å²) in [5, 5.41) is 0. The minimum Gasteiger partial charge on any atom is -1.00 e. The molecule has 0 saturated heterocycles. The van der Waals surface area contributed by atoms with Crippen molar-refractivity contribution in [2.75, 3.05) is 0 Å². The van der Waals surface area contributed by atoms with Crippen molar-refractivity contribution >= 4 is 11.1 Å². The molecule has 0 spiro atoms. The topological polar surface area (TPSA) is 0 Å². The molecule has 0 radical (unpaired) electrons. The maximum atomic E-state index is 2.58. The molecule has 2 unspecified atom stereocenters. The number of halogens is 2. The minimum absolute atomic E-state index is 0. The zero-order chi connectivity index (χ0) is 15.4. The second-order valence-electron chi connectivity index (χ2n) is 6.96. The van der Waals surface area contributed by atoms with Crippen molar-refractivity contribution in [3.05, 3.63) is 82.4 Å². The average molecular weight is 447 g/mol. The number of fused-ring (bicyclic) bond motifs is 3. The molecule has 0 nitrogen and oxygen atoms in total. The molecule has 0 aromatic heterocycles. The molecule has 0 fully saturated rings. The van der Waals surface area contributed by atoms with Gasteiger partial charge >= 0.3 is 150 Å². The molecule has 0 amide bonds. The fourth-order valence-corrected chi connectivity index (χ4v) is 9.80. The van der Waals surface area contributed by atoms with E-state index in [-0.39, 0.29) is 24.8 Å². The van der Waals surface area contributed by atoms with E-state index in [0.717, 1.165) is 7.25 Å². The van der Waals surface area contributed by atoms with Gasteiger partial charge in [-0.1, -0.05) is 0 Å². The van der Waals surface area contributed by atoms with Crippen LogP contribution in [-0.2, 0) is 23.2 Å². The standard InChI is InChI=1S/C12H11.C10H9.2ClH.Zr/c1-2-6-11-9(4-1)8-10-5-3-7-12(10)11;1-8-6-7-9-4-2-3-5-10(8)9;;;/h1-2,4,6,8H,3,5,7H2;2-7H,1H3;2*1H;/q;;;;+2/p-2. The monoisotopic (exact) mass is 444 g/mol. The first-order valence-electron chi connectivity index (χ1n) is 8.68. The third-order valence-corrected chi connectivity index (χ3v) is 10.2. The average Bonchev–Trinajstić information content (AvgIpc) is 3.25. The summed E-state index contributed by atoms with van der Waals surface area (Å²) >= 11 is -0.608. The quantitative estimate of drug-likeness (QED) is 0.606. The number of allylic oxidation sites excluding steroid dienone is 4. The van der Waals surface area contributed by atoms with Crippen LogP contribution in [0.15, 0.2) is 60.2 Å². The molecule has 126 valence electrons. The Morgan fingerprint density at radius 3 is 2.32 bits per heavy atom. The molecular formula is C22H20Cl2Zr. The zero-order valence-corrected chi connectivity index (χ0v) is 18.2. The first-order valence-corrected chi connectivity index (χ1v) is 11.5. The second kappa shape index (κ2) is 7.55. The Labute approximate surface area is 174 Å². The van der Waals surface area contributed by atoms with Crippen LogP contribution in [0.4, 0.5) is 0 Å². The molecule has 3 aliphatic carbocycles. The third kappa shape index (κ3) is 3.03. The van der Waals surface area contributed by atoms with Crippen LogP contribution in [0.2, 0.25) is 0 Å². The minimum atomic E-state index is -0.608. The maximum absolute atomic E-state index is 2.58. The molecular weight excluding hydrogens is 426 g/mol. The summed E-state index contributed by atoms with van der Waals surface area (Å²) in [5.74, 6) is 0. The van der Waals surface area contributed by atoms with Gasteiger partial charge in [-0.25, -0.2) is 0 Å². The van der Waals surface area contributed by atoms with E-state index in [1.165, 1.54) is 30.4 Å². The van der Waals surface area contributed by atoms with Gasteiger partial charge < -0.3 is 24.8 Å². The summed E-state index contributed by atoms with van der Waals surface area (Å²) in [7, 11) is 0. The van der Waals surface area contributed by atoms with Crippen LogP contribution >= 0.6 is 0 Å². The van der Waals surface area contributed by atoms with E-state index in [2.05, 4.69) is 61.5 Å². The van der Waals surface area contributed by atoms with Crippen LogP contribution < -0.4 is 24.8 Å². The van der Waals surface area contributed by atoms with Crippen LogP contribution in [0.5, 0.6) is 0 Å². The van der Waals surface area contributed by atoms with E-state index in [4.69, 9.17) is 0 Å². The van der Waals surface area contributed by atoms with E-state index in [1.807, 2.05) is 5.57 Å². The fraction of sp³-hybridized carbons (Fsp3) is 0.273. The van der Waals surface area contributed by atoms with Gasteiger partial charge in [-0.2, -0.15) is 0 Å². The van der Waals surface area contributed by atoms with Crippen molar-refractivity contribution in [3.8, 4) is 0 Å². The third-order valence-electron chi connectivity index (χ3n) is 5.69. The first-order chi connectivity index (χ1) is 11.3. The summed E-state index contributed by atoms with van der Waals surface area (Å²) < 4.78 is 1.56. The molecule has 0 heterocycles. The molecule has 2 atom stereocenters. The predicted molar refractivity (Wildman–Crippen MR) is 92.8 cm³/mol. The fourth-order valence-electron chi connectivity index (χ4n) is 4.67. The first kappa shape index (κ1) is 19.2. The molecule has 5 rings (SSSR count). The summed E-state index contributed by atoms with van der Waals surface area (Å²) in [5.41, 5.74) is 11.4. The van der Waals surface area contributed by atoms with Crippen molar-refractivity contribution in [3.63, 3.8) is 0 Å². The van der Waals surface area contributed by atoms with Crippen LogP contribution in [-0.4, -0.2) is 0 Å². The normalized spacial score (nSPS) is 22.2. The second-order valence-corrected chi connectivity index (χ2v) is 10.7. The SMILES string of the molecule is CC1=C[CH]([Zr+2][CH]2C3=C(CCC3)c3ccccc32)c2ccccc21.[Cl-].[Cl-]. The Bertz CT molecular complexity index is 866. The molecule has 0 aliphatic heterocycles. The van der Waals surface area contributed by atoms with E-state index in [0.29, 0.717) is 0 Å².